The molecule has 0 fully saturated rings. The Morgan fingerprint density at radius 3 is 2.62 bits per heavy atom. The van der Waals surface area contributed by atoms with Gasteiger partial charge in [0, 0.05) is 23.1 Å². The largest absolute Gasteiger partial charge is 0.417 e. The second-order valence-corrected chi connectivity index (χ2v) is 4.46. The monoisotopic (exact) mass is 312 g/mol. The third-order valence-electron chi connectivity index (χ3n) is 2.11. The summed E-state index contributed by atoms with van der Waals surface area (Å²) in [5, 5.41) is 4.42. The molecule has 0 amide bonds. The standard InChI is InChI=1S/C9H5BrClF3N2/c1-16-3-4-6(15-16)2-5(9(12,13)14)7(10)8(4)11/h2-3H,1H3. The number of hydrogen-bond donors (Lipinski definition) is 0. The van der Waals surface area contributed by atoms with Crippen LogP contribution in [0.25, 0.3) is 10.9 Å². The van der Waals surface area contributed by atoms with Crippen LogP contribution in [0.2, 0.25) is 5.02 Å². The van der Waals surface area contributed by atoms with E-state index in [4.69, 9.17) is 11.6 Å². The van der Waals surface area contributed by atoms with Crippen molar-refractivity contribution in [2.45, 2.75) is 6.18 Å². The maximum absolute atomic E-state index is 12.6. The maximum atomic E-state index is 12.6. The highest BCUT2D eigenvalue weighted by Crippen LogP contribution is 2.41. The minimum atomic E-state index is -4.45. The summed E-state index contributed by atoms with van der Waals surface area (Å²) in [5.74, 6) is 0. The van der Waals surface area contributed by atoms with E-state index in [1.807, 2.05) is 0 Å². The molecule has 2 aromatic rings. The Bertz CT molecular complexity index is 562. The number of hydrogen-bond acceptors (Lipinski definition) is 1. The van der Waals surface area contributed by atoms with E-state index in [1.54, 1.807) is 13.2 Å². The molecule has 0 aliphatic rings. The molecule has 0 radical (unpaired) electrons. The van der Waals surface area contributed by atoms with Crippen molar-refractivity contribution in [1.29, 1.82) is 0 Å². The van der Waals surface area contributed by atoms with Gasteiger partial charge in [-0.15, -0.1) is 0 Å². The molecule has 0 aliphatic heterocycles. The Morgan fingerprint density at radius 1 is 1.44 bits per heavy atom. The first-order valence-corrected chi connectivity index (χ1v) is 5.36. The summed E-state index contributed by atoms with van der Waals surface area (Å²) in [6, 6.07) is 0.977. The first-order valence-electron chi connectivity index (χ1n) is 4.19. The van der Waals surface area contributed by atoms with Crippen molar-refractivity contribution in [1.82, 2.24) is 9.78 Å². The molecule has 16 heavy (non-hydrogen) atoms. The lowest BCUT2D eigenvalue weighted by molar-refractivity contribution is -0.138. The summed E-state index contributed by atoms with van der Waals surface area (Å²) in [6.45, 7) is 0. The summed E-state index contributed by atoms with van der Waals surface area (Å²) >= 11 is 8.71. The Labute approximate surface area is 102 Å². The zero-order valence-electron chi connectivity index (χ0n) is 7.94. The van der Waals surface area contributed by atoms with Gasteiger partial charge in [-0.05, 0) is 22.0 Å². The molecule has 0 spiro atoms. The van der Waals surface area contributed by atoms with Gasteiger partial charge in [-0.2, -0.15) is 18.3 Å². The van der Waals surface area contributed by atoms with Crippen molar-refractivity contribution in [2.24, 2.45) is 7.05 Å². The zero-order valence-corrected chi connectivity index (χ0v) is 10.3. The fourth-order valence-electron chi connectivity index (χ4n) is 1.42. The highest BCUT2D eigenvalue weighted by molar-refractivity contribution is 9.10. The molecule has 0 atom stereocenters. The van der Waals surface area contributed by atoms with Gasteiger partial charge in [0.05, 0.1) is 16.1 Å². The summed E-state index contributed by atoms with van der Waals surface area (Å²) < 4.78 is 39.2. The van der Waals surface area contributed by atoms with Gasteiger partial charge in [-0.25, -0.2) is 0 Å². The third-order valence-corrected chi connectivity index (χ3v) is 3.55. The van der Waals surface area contributed by atoms with Crippen LogP contribution in [0, 0.1) is 0 Å². The van der Waals surface area contributed by atoms with E-state index in [1.165, 1.54) is 4.68 Å². The molecule has 0 saturated carbocycles. The molecule has 0 N–H and O–H groups in total. The molecule has 2 rings (SSSR count). The fourth-order valence-corrected chi connectivity index (χ4v) is 2.22. The molecule has 86 valence electrons. The topological polar surface area (TPSA) is 17.8 Å². The number of halogens is 5. The number of aromatic nitrogens is 2. The molecule has 0 bridgehead atoms. The second-order valence-electron chi connectivity index (χ2n) is 3.29. The molecule has 7 heteroatoms. The van der Waals surface area contributed by atoms with E-state index < -0.39 is 11.7 Å². The lowest BCUT2D eigenvalue weighted by Gasteiger charge is -2.10. The van der Waals surface area contributed by atoms with Gasteiger partial charge in [0.25, 0.3) is 0 Å². The van der Waals surface area contributed by atoms with Crippen LogP contribution in [0.15, 0.2) is 16.7 Å². The SMILES string of the molecule is Cn1cc2c(Cl)c(Br)c(C(F)(F)F)cc2n1. The van der Waals surface area contributed by atoms with Crippen LogP contribution in [-0.2, 0) is 13.2 Å². The van der Waals surface area contributed by atoms with Crippen LogP contribution in [0.3, 0.4) is 0 Å². The Hall–Kier alpha value is -0.750. The molecule has 0 saturated heterocycles. The van der Waals surface area contributed by atoms with Crippen molar-refractivity contribution in [2.75, 3.05) is 0 Å². The molecule has 0 aliphatic carbocycles. The van der Waals surface area contributed by atoms with Crippen molar-refractivity contribution in [3.8, 4) is 0 Å². The smallest absolute Gasteiger partial charge is 0.275 e. The van der Waals surface area contributed by atoms with Crippen molar-refractivity contribution >= 4 is 38.4 Å². The molecular formula is C9H5BrClF3N2. The minimum Gasteiger partial charge on any atom is -0.275 e. The average Bonchev–Trinajstić information content (AvgIpc) is 2.51. The molecule has 0 unspecified atom stereocenters. The molecule has 1 aromatic heterocycles. The van der Waals surface area contributed by atoms with E-state index in [9.17, 15) is 13.2 Å². The van der Waals surface area contributed by atoms with Crippen LogP contribution in [0.5, 0.6) is 0 Å². The summed E-state index contributed by atoms with van der Waals surface area (Å²) in [7, 11) is 1.62. The van der Waals surface area contributed by atoms with E-state index in [-0.39, 0.29) is 15.0 Å². The van der Waals surface area contributed by atoms with Crippen LogP contribution < -0.4 is 0 Å². The molecular weight excluding hydrogens is 308 g/mol. The fraction of sp³-hybridized carbons (Fsp3) is 0.222. The first kappa shape index (κ1) is 11.7. The van der Waals surface area contributed by atoms with E-state index in [0.29, 0.717) is 5.39 Å². The van der Waals surface area contributed by atoms with Gasteiger partial charge in [-0.1, -0.05) is 11.6 Å². The first-order chi connectivity index (χ1) is 7.30. The predicted molar refractivity (Wildman–Crippen MR) is 58.4 cm³/mol. The van der Waals surface area contributed by atoms with Gasteiger partial charge >= 0.3 is 6.18 Å². The Balaban J connectivity index is 2.83. The number of fused-ring (bicyclic) bond motifs is 1. The van der Waals surface area contributed by atoms with Crippen LogP contribution in [0.4, 0.5) is 13.2 Å². The van der Waals surface area contributed by atoms with E-state index in [2.05, 4.69) is 21.0 Å². The minimum absolute atomic E-state index is 0.0259. The van der Waals surface area contributed by atoms with Gasteiger partial charge in [0.15, 0.2) is 0 Å². The lowest BCUT2D eigenvalue weighted by atomic mass is 10.1. The summed E-state index contributed by atoms with van der Waals surface area (Å²) in [4.78, 5) is 0. The molecule has 1 heterocycles. The van der Waals surface area contributed by atoms with E-state index in [0.717, 1.165) is 6.07 Å². The molecule has 1 aromatic carbocycles. The Morgan fingerprint density at radius 2 is 2.06 bits per heavy atom. The Kier molecular flexibility index (Phi) is 2.66. The third kappa shape index (κ3) is 1.80. The van der Waals surface area contributed by atoms with Crippen molar-refractivity contribution < 1.29 is 13.2 Å². The van der Waals surface area contributed by atoms with Gasteiger partial charge < -0.3 is 0 Å². The average molecular weight is 314 g/mol. The highest BCUT2D eigenvalue weighted by atomic mass is 79.9. The number of rotatable bonds is 0. The van der Waals surface area contributed by atoms with Crippen molar-refractivity contribution in [3.05, 3.63) is 27.3 Å². The van der Waals surface area contributed by atoms with E-state index >= 15 is 0 Å². The van der Waals surface area contributed by atoms with Gasteiger partial charge in [0.1, 0.15) is 0 Å². The van der Waals surface area contributed by atoms with Gasteiger partial charge in [-0.3, -0.25) is 4.68 Å². The van der Waals surface area contributed by atoms with Crippen LogP contribution >= 0.6 is 27.5 Å². The summed E-state index contributed by atoms with van der Waals surface area (Å²) in [6.07, 6.45) is -2.88. The van der Waals surface area contributed by atoms with Crippen LogP contribution in [-0.4, -0.2) is 9.78 Å². The number of alkyl halides is 3. The zero-order chi connectivity index (χ0) is 12.1. The lowest BCUT2D eigenvalue weighted by Crippen LogP contribution is -2.06. The number of aryl methyl sites for hydroxylation is 1. The number of nitrogens with zero attached hydrogens (tertiary/aromatic N) is 2. The molecule has 2 nitrogen and oxygen atoms in total. The summed E-state index contributed by atoms with van der Waals surface area (Å²) in [5.41, 5.74) is -0.591. The normalized spacial score (nSPS) is 12.4. The van der Waals surface area contributed by atoms with Crippen LogP contribution in [0.1, 0.15) is 5.56 Å². The highest BCUT2D eigenvalue weighted by Gasteiger charge is 2.35. The number of benzene rings is 1. The predicted octanol–water partition coefficient (Wildman–Crippen LogP) is 4.01. The second kappa shape index (κ2) is 3.63. The van der Waals surface area contributed by atoms with Gasteiger partial charge in [0.2, 0.25) is 0 Å². The maximum Gasteiger partial charge on any atom is 0.417 e. The van der Waals surface area contributed by atoms with Crippen molar-refractivity contribution in [3.63, 3.8) is 0 Å². The quantitative estimate of drug-likeness (QED) is 0.718.